The normalized spacial score (nSPS) is 22.4. The van der Waals surface area contributed by atoms with E-state index in [1.54, 1.807) is 39.0 Å². The molecule has 10 heteroatoms. The van der Waals surface area contributed by atoms with E-state index in [4.69, 9.17) is 5.73 Å². The minimum Gasteiger partial charge on any atom is -0.390 e. The van der Waals surface area contributed by atoms with Crippen molar-refractivity contribution in [3.05, 3.63) is 103 Å². The predicted molar refractivity (Wildman–Crippen MR) is 150 cm³/mol. The molecule has 1 aromatic carbocycles. The minimum atomic E-state index is -1.45. The molecule has 2 aliphatic rings. The number of aromatic nitrogens is 3. The first kappa shape index (κ1) is 27.1. The molecule has 0 bridgehead atoms. The summed E-state index contributed by atoms with van der Waals surface area (Å²) in [5, 5.41) is 10.7. The zero-order valence-electron chi connectivity index (χ0n) is 23.1. The number of hydrogen-bond donors (Lipinski definition) is 3. The number of nitrogens with one attached hydrogen (secondary N) is 1. The Bertz CT molecular complexity index is 1830. The number of primary amides is 1. The zero-order chi connectivity index (χ0) is 29.4. The number of amides is 1. The fraction of sp³-hybridized carbons (Fsp3) is 0.387. The second kappa shape index (κ2) is 9.51. The van der Waals surface area contributed by atoms with E-state index < -0.39 is 46.6 Å². The lowest BCUT2D eigenvalue weighted by atomic mass is 9.70. The number of fused-ring (bicyclic) bond motifs is 4. The van der Waals surface area contributed by atoms with Gasteiger partial charge in [0.2, 0.25) is 5.91 Å². The molecule has 0 spiro atoms. The molecule has 4 unspecified atom stereocenters. The molecular weight excluding hydrogens is 530 g/mol. The van der Waals surface area contributed by atoms with Gasteiger partial charge in [-0.1, -0.05) is 12.1 Å². The monoisotopic (exact) mass is 562 g/mol. The van der Waals surface area contributed by atoms with E-state index in [0.717, 1.165) is 26.3 Å². The third-order valence-electron chi connectivity index (χ3n) is 9.07. The summed E-state index contributed by atoms with van der Waals surface area (Å²) >= 11 is 0. The number of aromatic amines is 1. The lowest BCUT2D eigenvalue weighted by Crippen LogP contribution is -2.37. The molecule has 8 nitrogen and oxygen atoms in total. The zero-order valence-corrected chi connectivity index (χ0v) is 23.1. The van der Waals surface area contributed by atoms with Crippen LogP contribution < -0.4 is 17.0 Å². The highest BCUT2D eigenvalue weighted by Crippen LogP contribution is 2.49. The molecule has 0 saturated carbocycles. The molecule has 2 aliphatic carbocycles. The number of pyridine rings is 1. The Hall–Kier alpha value is -4.05. The van der Waals surface area contributed by atoms with Gasteiger partial charge in [-0.05, 0) is 92.8 Å². The number of H-pyrrole nitrogens is 1. The van der Waals surface area contributed by atoms with Crippen LogP contribution in [-0.2, 0) is 17.6 Å². The number of halogens is 2. The third kappa shape index (κ3) is 4.23. The van der Waals surface area contributed by atoms with Gasteiger partial charge in [0.25, 0.3) is 5.56 Å². The average Bonchev–Trinajstić information content (AvgIpc) is 3.28. The number of rotatable bonds is 4. The maximum Gasteiger partial charge on any atom is 0.340 e. The molecule has 0 aliphatic heterocycles. The number of carbonyl (C=O) groups excluding carboxylic acids is 1. The van der Waals surface area contributed by atoms with Crippen LogP contribution >= 0.6 is 0 Å². The van der Waals surface area contributed by atoms with Crippen LogP contribution in [-0.4, -0.2) is 36.7 Å². The summed E-state index contributed by atoms with van der Waals surface area (Å²) in [5.41, 5.74) is 7.75. The summed E-state index contributed by atoms with van der Waals surface area (Å²) in [4.78, 5) is 42.4. The first-order valence-electron chi connectivity index (χ1n) is 13.8. The van der Waals surface area contributed by atoms with Crippen LogP contribution in [0.25, 0.3) is 11.2 Å². The van der Waals surface area contributed by atoms with E-state index in [9.17, 15) is 23.9 Å². The molecule has 3 aromatic heterocycles. The summed E-state index contributed by atoms with van der Waals surface area (Å²) in [6, 6.07) is 8.67. The van der Waals surface area contributed by atoms with Gasteiger partial charge in [0.15, 0.2) is 0 Å². The van der Waals surface area contributed by atoms with Gasteiger partial charge in [0.05, 0.1) is 22.7 Å². The first-order chi connectivity index (χ1) is 19.4. The largest absolute Gasteiger partial charge is 0.390 e. The number of nitrogens with zero attached hydrogens (tertiary/aromatic N) is 2. The predicted octanol–water partition coefficient (Wildman–Crippen LogP) is 3.54. The SMILES string of the molecule is Cc1c(C2c3c([nH]c4c3CCC(C(C)(C)O)C4)C(C(N)=O)CC2F)cccc1-n1c(=O)cc2c(F)cccn2c1=O. The molecular formula is C31H32F2N4O4. The lowest BCUT2D eigenvalue weighted by Gasteiger charge is -2.35. The van der Waals surface area contributed by atoms with E-state index in [0.29, 0.717) is 41.6 Å². The molecule has 3 heterocycles. The number of alkyl halides is 1. The molecule has 4 atom stereocenters. The van der Waals surface area contributed by atoms with Gasteiger partial charge in [-0.3, -0.25) is 14.0 Å². The average molecular weight is 563 g/mol. The van der Waals surface area contributed by atoms with Gasteiger partial charge in [-0.25, -0.2) is 18.1 Å². The highest BCUT2D eigenvalue weighted by Gasteiger charge is 2.44. The van der Waals surface area contributed by atoms with Gasteiger partial charge in [-0.2, -0.15) is 0 Å². The Balaban J connectivity index is 1.54. The maximum absolute atomic E-state index is 16.2. The van der Waals surface area contributed by atoms with Crippen LogP contribution in [0.4, 0.5) is 8.78 Å². The van der Waals surface area contributed by atoms with Gasteiger partial charge >= 0.3 is 5.69 Å². The number of nitrogens with two attached hydrogens (primary N) is 1. The molecule has 6 rings (SSSR count). The van der Waals surface area contributed by atoms with E-state index in [2.05, 4.69) is 4.98 Å². The molecule has 214 valence electrons. The van der Waals surface area contributed by atoms with E-state index >= 15 is 4.39 Å². The first-order valence-corrected chi connectivity index (χ1v) is 13.8. The van der Waals surface area contributed by atoms with Crippen molar-refractivity contribution in [3.8, 4) is 5.69 Å². The molecule has 0 radical (unpaired) electrons. The summed E-state index contributed by atoms with van der Waals surface area (Å²) in [6.45, 7) is 5.28. The van der Waals surface area contributed by atoms with Crippen LogP contribution in [0.1, 0.15) is 72.2 Å². The van der Waals surface area contributed by atoms with Gasteiger partial charge in [-0.15, -0.1) is 0 Å². The van der Waals surface area contributed by atoms with Crippen LogP contribution in [0.15, 0.2) is 52.2 Å². The third-order valence-corrected chi connectivity index (χ3v) is 9.07. The van der Waals surface area contributed by atoms with Crippen molar-refractivity contribution in [2.45, 2.75) is 70.1 Å². The van der Waals surface area contributed by atoms with Gasteiger partial charge in [0, 0.05) is 29.6 Å². The fourth-order valence-corrected chi connectivity index (χ4v) is 6.88. The van der Waals surface area contributed by atoms with Crippen molar-refractivity contribution >= 4 is 11.4 Å². The Kier molecular flexibility index (Phi) is 6.29. The van der Waals surface area contributed by atoms with E-state index in [1.807, 2.05) is 0 Å². The van der Waals surface area contributed by atoms with E-state index in [-0.39, 0.29) is 23.5 Å². The van der Waals surface area contributed by atoms with Crippen molar-refractivity contribution in [3.63, 3.8) is 0 Å². The second-order valence-corrected chi connectivity index (χ2v) is 11.9. The number of carbonyl (C=O) groups is 1. The number of benzene rings is 1. The summed E-state index contributed by atoms with van der Waals surface area (Å²) in [7, 11) is 0. The molecule has 1 amide bonds. The van der Waals surface area contributed by atoms with Crippen LogP contribution in [0.5, 0.6) is 0 Å². The van der Waals surface area contributed by atoms with Crippen molar-refractivity contribution in [2.24, 2.45) is 11.7 Å². The van der Waals surface area contributed by atoms with Gasteiger partial charge < -0.3 is 15.8 Å². The van der Waals surface area contributed by atoms with Crippen molar-refractivity contribution in [1.29, 1.82) is 0 Å². The van der Waals surface area contributed by atoms with Crippen LogP contribution in [0.2, 0.25) is 0 Å². The summed E-state index contributed by atoms with van der Waals surface area (Å²) in [5.74, 6) is -2.91. The summed E-state index contributed by atoms with van der Waals surface area (Å²) < 4.78 is 32.6. The topological polar surface area (TPSA) is 123 Å². The summed E-state index contributed by atoms with van der Waals surface area (Å²) in [6.07, 6.45) is 1.68. The smallest absolute Gasteiger partial charge is 0.340 e. The quantitative estimate of drug-likeness (QED) is 0.352. The fourth-order valence-electron chi connectivity index (χ4n) is 6.88. The molecule has 4 N–H and O–H groups in total. The van der Waals surface area contributed by atoms with Crippen LogP contribution in [0, 0.1) is 18.7 Å². The van der Waals surface area contributed by atoms with E-state index in [1.165, 1.54) is 18.3 Å². The Labute approximate surface area is 234 Å². The molecule has 4 aromatic rings. The van der Waals surface area contributed by atoms with Crippen LogP contribution in [0.3, 0.4) is 0 Å². The standard InChI is InChI=1S/C31H32F2N4O4/c1-15-17(6-4-8-23(15)37-25(38)14-24-20(32)7-5-11-36(24)30(37)40)26-21(33)13-19(29(34)39)28-27(26)18-10-9-16(31(2,3)41)12-22(18)35-28/h4-8,11,14,16,19,21,26,35,41H,9-10,12-13H2,1-3H3,(H2,34,39). The Morgan fingerprint density at radius 2 is 1.95 bits per heavy atom. The van der Waals surface area contributed by atoms with Gasteiger partial charge in [0.1, 0.15) is 12.0 Å². The number of aliphatic hydroxyl groups is 1. The Morgan fingerprint density at radius 3 is 2.66 bits per heavy atom. The highest BCUT2D eigenvalue weighted by atomic mass is 19.1. The van der Waals surface area contributed by atoms with Crippen molar-refractivity contribution in [2.75, 3.05) is 0 Å². The highest BCUT2D eigenvalue weighted by molar-refractivity contribution is 5.83. The molecule has 41 heavy (non-hydrogen) atoms. The maximum atomic E-state index is 16.2. The Morgan fingerprint density at radius 1 is 1.20 bits per heavy atom. The molecule has 0 fully saturated rings. The number of hydrogen-bond acceptors (Lipinski definition) is 4. The minimum absolute atomic E-state index is 0.00981. The molecule has 0 saturated heterocycles. The van der Waals surface area contributed by atoms with Crippen molar-refractivity contribution in [1.82, 2.24) is 14.0 Å². The second-order valence-electron chi connectivity index (χ2n) is 11.9. The van der Waals surface area contributed by atoms with Crippen molar-refractivity contribution < 1.29 is 18.7 Å². The lowest BCUT2D eigenvalue weighted by molar-refractivity contribution is -0.120.